The second-order valence-electron chi connectivity index (χ2n) is 6.39. The van der Waals surface area contributed by atoms with Crippen LogP contribution in [-0.2, 0) is 24.2 Å². The van der Waals surface area contributed by atoms with Crippen molar-refractivity contribution in [2.45, 2.75) is 39.2 Å². The molecule has 1 amide bonds. The molecule has 0 aliphatic carbocycles. The fourth-order valence-electron chi connectivity index (χ4n) is 2.88. The summed E-state index contributed by atoms with van der Waals surface area (Å²) in [5.41, 5.74) is 3.15. The molecule has 0 atom stereocenters. The zero-order chi connectivity index (χ0) is 19.6. The summed E-state index contributed by atoms with van der Waals surface area (Å²) >= 11 is 0. The van der Waals surface area contributed by atoms with Crippen LogP contribution in [0.25, 0.3) is 0 Å². The van der Waals surface area contributed by atoms with Gasteiger partial charge in [-0.05, 0) is 30.0 Å². The fraction of sp³-hybridized carbons (Fsp3) is 0.409. The molecule has 0 aliphatic rings. The SMILES string of the molecule is CCCCc1ccc(CC(=O)NCc2cc(OC)c(OC)cc2OC)cc1. The van der Waals surface area contributed by atoms with Crippen molar-refractivity contribution in [2.24, 2.45) is 0 Å². The molecule has 0 heterocycles. The number of aryl methyl sites for hydroxylation is 1. The van der Waals surface area contributed by atoms with Gasteiger partial charge in [-0.3, -0.25) is 4.79 Å². The summed E-state index contributed by atoms with van der Waals surface area (Å²) in [6.07, 6.45) is 3.81. The van der Waals surface area contributed by atoms with Gasteiger partial charge in [-0.2, -0.15) is 0 Å². The maximum atomic E-state index is 12.3. The first-order valence-electron chi connectivity index (χ1n) is 9.24. The highest BCUT2D eigenvalue weighted by atomic mass is 16.5. The zero-order valence-corrected chi connectivity index (χ0v) is 16.6. The van der Waals surface area contributed by atoms with E-state index >= 15 is 0 Å². The van der Waals surface area contributed by atoms with Crippen molar-refractivity contribution in [3.05, 3.63) is 53.1 Å². The minimum absolute atomic E-state index is 0.0341. The van der Waals surface area contributed by atoms with Gasteiger partial charge < -0.3 is 19.5 Å². The van der Waals surface area contributed by atoms with E-state index in [4.69, 9.17) is 14.2 Å². The molecule has 0 aromatic heterocycles. The maximum absolute atomic E-state index is 12.3. The Labute approximate surface area is 161 Å². The van der Waals surface area contributed by atoms with E-state index in [1.165, 1.54) is 18.4 Å². The van der Waals surface area contributed by atoms with Crippen LogP contribution in [0.2, 0.25) is 0 Å². The number of rotatable bonds is 10. The standard InChI is InChI=1S/C22H29NO4/c1-5-6-7-16-8-10-17(11-9-16)12-22(24)23-15-18-13-20(26-3)21(27-4)14-19(18)25-2/h8-11,13-14H,5-7,12,15H2,1-4H3,(H,23,24). The first-order chi connectivity index (χ1) is 13.1. The highest BCUT2D eigenvalue weighted by Gasteiger charge is 2.13. The van der Waals surface area contributed by atoms with Crippen LogP contribution < -0.4 is 19.5 Å². The Morgan fingerprint density at radius 2 is 1.48 bits per heavy atom. The lowest BCUT2D eigenvalue weighted by atomic mass is 10.0. The molecular weight excluding hydrogens is 342 g/mol. The van der Waals surface area contributed by atoms with E-state index in [2.05, 4.69) is 24.4 Å². The lowest BCUT2D eigenvalue weighted by Gasteiger charge is -2.14. The van der Waals surface area contributed by atoms with Crippen molar-refractivity contribution in [1.29, 1.82) is 0 Å². The molecule has 0 radical (unpaired) electrons. The highest BCUT2D eigenvalue weighted by molar-refractivity contribution is 5.78. The second kappa shape index (κ2) is 10.5. The second-order valence-corrected chi connectivity index (χ2v) is 6.39. The third-order valence-corrected chi connectivity index (χ3v) is 4.47. The van der Waals surface area contributed by atoms with Crippen LogP contribution in [0.5, 0.6) is 17.2 Å². The topological polar surface area (TPSA) is 56.8 Å². The number of benzene rings is 2. The predicted molar refractivity (Wildman–Crippen MR) is 107 cm³/mol. The number of carbonyl (C=O) groups is 1. The summed E-state index contributed by atoms with van der Waals surface area (Å²) in [7, 11) is 4.75. The first kappa shape index (κ1) is 20.6. The lowest BCUT2D eigenvalue weighted by molar-refractivity contribution is -0.120. The highest BCUT2D eigenvalue weighted by Crippen LogP contribution is 2.34. The Balaban J connectivity index is 1.96. The number of hydrogen-bond donors (Lipinski definition) is 1. The predicted octanol–water partition coefficient (Wildman–Crippen LogP) is 3.91. The van der Waals surface area contributed by atoms with Crippen LogP contribution in [0, 0.1) is 0 Å². The third kappa shape index (κ3) is 5.91. The molecule has 0 unspecified atom stereocenters. The molecule has 0 saturated heterocycles. The Kier molecular flexibility index (Phi) is 7.99. The van der Waals surface area contributed by atoms with E-state index in [0.29, 0.717) is 30.2 Å². The molecular formula is C22H29NO4. The summed E-state index contributed by atoms with van der Waals surface area (Å²) in [5.74, 6) is 1.80. The van der Waals surface area contributed by atoms with E-state index in [0.717, 1.165) is 17.5 Å². The number of carbonyl (C=O) groups excluding carboxylic acids is 1. The van der Waals surface area contributed by atoms with Gasteiger partial charge in [0.25, 0.3) is 0 Å². The number of amides is 1. The Morgan fingerprint density at radius 1 is 0.889 bits per heavy atom. The number of nitrogens with one attached hydrogen (secondary N) is 1. The molecule has 27 heavy (non-hydrogen) atoms. The molecule has 2 rings (SSSR count). The summed E-state index contributed by atoms with van der Waals surface area (Å²) in [6.45, 7) is 2.54. The molecule has 0 aliphatic heterocycles. The largest absolute Gasteiger partial charge is 0.496 e. The molecule has 2 aromatic carbocycles. The summed E-state index contributed by atoms with van der Waals surface area (Å²) in [6, 6.07) is 11.9. The minimum atomic E-state index is -0.0341. The summed E-state index contributed by atoms with van der Waals surface area (Å²) < 4.78 is 16.0. The Hall–Kier alpha value is -2.69. The molecule has 0 spiro atoms. The first-order valence-corrected chi connectivity index (χ1v) is 9.24. The number of hydrogen-bond acceptors (Lipinski definition) is 4. The lowest BCUT2D eigenvalue weighted by Crippen LogP contribution is -2.24. The van der Waals surface area contributed by atoms with Gasteiger partial charge >= 0.3 is 0 Å². The smallest absolute Gasteiger partial charge is 0.224 e. The van der Waals surface area contributed by atoms with Crippen LogP contribution in [0.1, 0.15) is 36.5 Å². The van der Waals surface area contributed by atoms with E-state index in [-0.39, 0.29) is 5.91 Å². The van der Waals surface area contributed by atoms with Crippen molar-refractivity contribution < 1.29 is 19.0 Å². The van der Waals surface area contributed by atoms with Gasteiger partial charge in [-0.15, -0.1) is 0 Å². The molecule has 0 saturated carbocycles. The third-order valence-electron chi connectivity index (χ3n) is 4.47. The average Bonchev–Trinajstić information content (AvgIpc) is 2.70. The van der Waals surface area contributed by atoms with Gasteiger partial charge in [0.05, 0.1) is 27.8 Å². The molecule has 5 heteroatoms. The number of unbranched alkanes of at least 4 members (excludes halogenated alkanes) is 1. The van der Waals surface area contributed by atoms with E-state index in [9.17, 15) is 4.79 Å². The van der Waals surface area contributed by atoms with Crippen LogP contribution in [0.15, 0.2) is 36.4 Å². The molecule has 5 nitrogen and oxygen atoms in total. The van der Waals surface area contributed by atoms with Crippen molar-refractivity contribution >= 4 is 5.91 Å². The van der Waals surface area contributed by atoms with Crippen molar-refractivity contribution in [3.8, 4) is 17.2 Å². The Bertz CT molecular complexity index is 741. The summed E-state index contributed by atoms with van der Waals surface area (Å²) in [4.78, 5) is 12.3. The molecule has 2 aromatic rings. The quantitative estimate of drug-likeness (QED) is 0.688. The van der Waals surface area contributed by atoms with Gasteiger partial charge in [0, 0.05) is 18.2 Å². The maximum Gasteiger partial charge on any atom is 0.224 e. The van der Waals surface area contributed by atoms with E-state index < -0.39 is 0 Å². The van der Waals surface area contributed by atoms with Crippen LogP contribution in [0.3, 0.4) is 0 Å². The molecule has 146 valence electrons. The minimum Gasteiger partial charge on any atom is -0.496 e. The van der Waals surface area contributed by atoms with Crippen molar-refractivity contribution in [2.75, 3.05) is 21.3 Å². The van der Waals surface area contributed by atoms with Gasteiger partial charge in [0.15, 0.2) is 11.5 Å². The van der Waals surface area contributed by atoms with Crippen molar-refractivity contribution in [3.63, 3.8) is 0 Å². The van der Waals surface area contributed by atoms with Crippen LogP contribution in [0.4, 0.5) is 0 Å². The number of methoxy groups -OCH3 is 3. The zero-order valence-electron chi connectivity index (χ0n) is 16.6. The molecule has 0 fully saturated rings. The van der Waals surface area contributed by atoms with Crippen molar-refractivity contribution in [1.82, 2.24) is 5.32 Å². The van der Waals surface area contributed by atoms with Gasteiger partial charge in [0.1, 0.15) is 5.75 Å². The monoisotopic (exact) mass is 371 g/mol. The molecule has 0 bridgehead atoms. The molecule has 1 N–H and O–H groups in total. The van der Waals surface area contributed by atoms with E-state index in [1.54, 1.807) is 27.4 Å². The fourth-order valence-corrected chi connectivity index (χ4v) is 2.88. The van der Waals surface area contributed by atoms with Crippen LogP contribution in [-0.4, -0.2) is 27.2 Å². The van der Waals surface area contributed by atoms with Gasteiger partial charge in [-0.25, -0.2) is 0 Å². The van der Waals surface area contributed by atoms with Gasteiger partial charge in [0.2, 0.25) is 5.91 Å². The number of ether oxygens (including phenoxy) is 3. The van der Waals surface area contributed by atoms with Crippen LogP contribution >= 0.6 is 0 Å². The van der Waals surface area contributed by atoms with Gasteiger partial charge in [-0.1, -0.05) is 37.6 Å². The normalized spacial score (nSPS) is 10.4. The average molecular weight is 371 g/mol. The summed E-state index contributed by atoms with van der Waals surface area (Å²) in [5, 5.41) is 2.94. The Morgan fingerprint density at radius 3 is 2.07 bits per heavy atom. The van der Waals surface area contributed by atoms with E-state index in [1.807, 2.05) is 18.2 Å².